The first kappa shape index (κ1) is 14.9. The van der Waals surface area contributed by atoms with Crippen LogP contribution in [0.25, 0.3) is 0 Å². The fraction of sp³-hybridized carbons (Fsp3) is 0.950. The fourth-order valence-electron chi connectivity index (χ4n) is 9.00. The van der Waals surface area contributed by atoms with Gasteiger partial charge in [-0.2, -0.15) is 0 Å². The van der Waals surface area contributed by atoms with Crippen LogP contribution in [0.3, 0.4) is 0 Å². The van der Waals surface area contributed by atoms with Crippen LogP contribution in [0, 0.1) is 34.0 Å². The molecule has 23 heavy (non-hydrogen) atoms. The third-order valence-electron chi connectivity index (χ3n) is 9.87. The average Bonchev–Trinajstić information content (AvgIpc) is 3.16. The Kier molecular flexibility index (Phi) is 2.62. The van der Waals surface area contributed by atoms with E-state index in [0.717, 1.165) is 6.42 Å². The van der Waals surface area contributed by atoms with E-state index in [4.69, 9.17) is 4.74 Å². The van der Waals surface area contributed by atoms with Gasteiger partial charge in [0.2, 0.25) is 0 Å². The zero-order valence-electron chi connectivity index (χ0n) is 14.7. The van der Waals surface area contributed by atoms with E-state index >= 15 is 0 Å². The molecule has 5 fully saturated rings. The smallest absolute Gasteiger partial charge is 0.141 e. The summed E-state index contributed by atoms with van der Waals surface area (Å²) < 4.78 is 5.69. The Hall–Kier alpha value is -0.410. The molecule has 0 radical (unpaired) electrons. The summed E-state index contributed by atoms with van der Waals surface area (Å²) in [5, 5.41) is 11.9. The van der Waals surface area contributed by atoms with Crippen molar-refractivity contribution < 1.29 is 14.6 Å². The van der Waals surface area contributed by atoms with Gasteiger partial charge in [-0.15, -0.1) is 0 Å². The van der Waals surface area contributed by atoms with Crippen molar-refractivity contribution in [1.29, 1.82) is 0 Å². The third-order valence-corrected chi connectivity index (χ3v) is 9.87. The minimum atomic E-state index is -0.936. The summed E-state index contributed by atoms with van der Waals surface area (Å²) in [5.41, 5.74) is -0.647. The maximum atomic E-state index is 12.9. The minimum Gasteiger partial charge on any atom is -0.386 e. The van der Waals surface area contributed by atoms with Gasteiger partial charge in [-0.05, 0) is 54.8 Å². The monoisotopic (exact) mass is 318 g/mol. The topological polar surface area (TPSA) is 46.5 Å². The van der Waals surface area contributed by atoms with Crippen molar-refractivity contribution in [2.75, 3.05) is 7.11 Å². The van der Waals surface area contributed by atoms with E-state index in [9.17, 15) is 9.90 Å². The molecule has 3 heteroatoms. The Morgan fingerprint density at radius 1 is 1.17 bits per heavy atom. The van der Waals surface area contributed by atoms with Crippen molar-refractivity contribution in [1.82, 2.24) is 0 Å². The highest BCUT2D eigenvalue weighted by molar-refractivity contribution is 5.88. The lowest BCUT2D eigenvalue weighted by atomic mass is 9.48. The molecule has 0 heterocycles. The number of Topliss-reactive ketones (excluding diaryl/α,β-unsaturated/α-hetero) is 1. The molecule has 5 aliphatic rings. The largest absolute Gasteiger partial charge is 0.386 e. The lowest BCUT2D eigenvalue weighted by Crippen LogP contribution is -2.58. The number of hydrogen-bond acceptors (Lipinski definition) is 3. The SMILES string of the molecule is CO[C@@H]1CC(=O)[C@@H]2[C@@H]3[C@H]4CCC5(CCCC5)[C@]3(C)[C@](C)(C4)[C@]21O. The number of carbonyl (C=O) groups is 1. The quantitative estimate of drug-likeness (QED) is 0.806. The Balaban J connectivity index is 1.74. The van der Waals surface area contributed by atoms with Crippen LogP contribution in [0.15, 0.2) is 0 Å². The van der Waals surface area contributed by atoms with E-state index in [1.54, 1.807) is 7.11 Å². The van der Waals surface area contributed by atoms with Gasteiger partial charge in [0.25, 0.3) is 0 Å². The summed E-state index contributed by atoms with van der Waals surface area (Å²) in [6.45, 7) is 4.77. The summed E-state index contributed by atoms with van der Waals surface area (Å²) in [4.78, 5) is 12.9. The van der Waals surface area contributed by atoms with Gasteiger partial charge in [0.15, 0.2) is 0 Å². The number of fused-ring (bicyclic) bond motifs is 2. The predicted octanol–water partition coefficient (Wildman–Crippen LogP) is 3.34. The first-order valence-electron chi connectivity index (χ1n) is 9.64. The van der Waals surface area contributed by atoms with Gasteiger partial charge in [0.05, 0.1) is 12.0 Å². The van der Waals surface area contributed by atoms with Gasteiger partial charge in [-0.25, -0.2) is 0 Å². The lowest BCUT2D eigenvalue weighted by molar-refractivity contribution is -0.185. The molecule has 1 N–H and O–H groups in total. The molecule has 0 aromatic heterocycles. The molecular formula is C20H30O3. The van der Waals surface area contributed by atoms with Crippen molar-refractivity contribution in [3.63, 3.8) is 0 Å². The zero-order chi connectivity index (χ0) is 16.3. The minimum absolute atomic E-state index is 0.103. The van der Waals surface area contributed by atoms with Gasteiger partial charge >= 0.3 is 0 Å². The molecule has 5 aliphatic carbocycles. The molecule has 7 atom stereocenters. The number of carbonyl (C=O) groups excluding carboxylic acids is 1. The molecule has 0 aliphatic heterocycles. The van der Waals surface area contributed by atoms with Crippen LogP contribution in [0.4, 0.5) is 0 Å². The molecular weight excluding hydrogens is 288 g/mol. The summed E-state index contributed by atoms with van der Waals surface area (Å²) >= 11 is 0. The van der Waals surface area contributed by atoms with Crippen LogP contribution >= 0.6 is 0 Å². The maximum Gasteiger partial charge on any atom is 0.141 e. The van der Waals surface area contributed by atoms with E-state index < -0.39 is 5.60 Å². The Bertz CT molecular complexity index is 579. The highest BCUT2D eigenvalue weighted by Gasteiger charge is 2.86. The third kappa shape index (κ3) is 1.21. The van der Waals surface area contributed by atoms with Crippen molar-refractivity contribution in [3.8, 4) is 0 Å². The molecule has 128 valence electrons. The summed E-state index contributed by atoms with van der Waals surface area (Å²) in [6, 6.07) is 0. The summed E-state index contributed by atoms with van der Waals surface area (Å²) in [5.74, 6) is 1.14. The first-order chi connectivity index (χ1) is 10.9. The Labute approximate surface area is 139 Å². The fourth-order valence-corrected chi connectivity index (χ4v) is 9.00. The van der Waals surface area contributed by atoms with E-state index in [1.807, 2.05) is 0 Å². The van der Waals surface area contributed by atoms with Crippen LogP contribution in [0.5, 0.6) is 0 Å². The van der Waals surface area contributed by atoms with E-state index in [2.05, 4.69) is 13.8 Å². The van der Waals surface area contributed by atoms with Gasteiger partial charge in [-0.1, -0.05) is 26.7 Å². The second-order valence-electron chi connectivity index (χ2n) is 9.75. The molecule has 0 amide bonds. The van der Waals surface area contributed by atoms with Gasteiger partial charge in [-0.3, -0.25) is 4.79 Å². The molecule has 1 spiro atoms. The Morgan fingerprint density at radius 3 is 2.52 bits per heavy atom. The number of rotatable bonds is 1. The van der Waals surface area contributed by atoms with Crippen LogP contribution in [0.1, 0.15) is 65.2 Å². The lowest BCUT2D eigenvalue weighted by Gasteiger charge is -2.56. The molecule has 0 aromatic rings. The van der Waals surface area contributed by atoms with Crippen molar-refractivity contribution in [2.45, 2.75) is 76.9 Å². The first-order valence-corrected chi connectivity index (χ1v) is 9.64. The molecule has 5 saturated carbocycles. The van der Waals surface area contributed by atoms with E-state index in [1.165, 1.54) is 38.5 Å². The van der Waals surface area contributed by atoms with Crippen LogP contribution in [-0.4, -0.2) is 29.7 Å². The molecule has 0 aromatic carbocycles. The molecule has 0 unspecified atom stereocenters. The van der Waals surface area contributed by atoms with E-state index in [0.29, 0.717) is 23.7 Å². The summed E-state index contributed by atoms with van der Waals surface area (Å²) in [7, 11) is 1.67. The van der Waals surface area contributed by atoms with Crippen LogP contribution in [-0.2, 0) is 9.53 Å². The van der Waals surface area contributed by atoms with Gasteiger partial charge in [0, 0.05) is 18.9 Å². The Morgan fingerprint density at radius 2 is 1.87 bits per heavy atom. The highest BCUT2D eigenvalue weighted by atomic mass is 16.5. The summed E-state index contributed by atoms with van der Waals surface area (Å²) in [6.07, 6.45) is 9.06. The number of ether oxygens (including phenoxy) is 1. The second-order valence-corrected chi connectivity index (χ2v) is 9.75. The van der Waals surface area contributed by atoms with Crippen molar-refractivity contribution >= 4 is 5.78 Å². The molecule has 5 rings (SSSR count). The van der Waals surface area contributed by atoms with E-state index in [-0.39, 0.29) is 28.6 Å². The van der Waals surface area contributed by atoms with Gasteiger partial charge < -0.3 is 9.84 Å². The molecule has 4 bridgehead atoms. The maximum absolute atomic E-state index is 12.9. The van der Waals surface area contributed by atoms with Crippen molar-refractivity contribution in [2.24, 2.45) is 34.0 Å². The molecule has 3 nitrogen and oxygen atoms in total. The number of aliphatic hydroxyl groups is 1. The number of hydrogen-bond donors (Lipinski definition) is 1. The normalized spacial score (nSPS) is 59.0. The highest BCUT2D eigenvalue weighted by Crippen LogP contribution is 2.85. The van der Waals surface area contributed by atoms with Gasteiger partial charge in [0.1, 0.15) is 11.4 Å². The van der Waals surface area contributed by atoms with Crippen molar-refractivity contribution in [3.05, 3.63) is 0 Å². The van der Waals surface area contributed by atoms with Crippen LogP contribution < -0.4 is 0 Å². The zero-order valence-corrected chi connectivity index (χ0v) is 14.7. The molecule has 0 saturated heterocycles. The second kappa shape index (κ2) is 4.04. The average molecular weight is 318 g/mol. The predicted molar refractivity (Wildman–Crippen MR) is 86.8 cm³/mol. The number of methoxy groups -OCH3 is 1. The standard InChI is InChI=1S/C20H30O3/c1-17-11-12-6-9-19(7-4-5-8-19)18(17,2)15(12)16-13(21)10-14(23-3)20(16,17)22/h12,14-16,22H,4-11H2,1-3H3/t12-,14+,15-,16+,17-,18-,20+/m0/s1. The van der Waals surface area contributed by atoms with Crippen LogP contribution in [0.2, 0.25) is 0 Å². The number of ketones is 1.